The van der Waals surface area contributed by atoms with Crippen LogP contribution in [0.15, 0.2) is 59.5 Å². The fraction of sp³-hybridized carbons (Fsp3) is 0.0588. The second-order valence-corrected chi connectivity index (χ2v) is 4.94. The van der Waals surface area contributed by atoms with Crippen LogP contribution in [0.25, 0.3) is 10.9 Å². The summed E-state index contributed by atoms with van der Waals surface area (Å²) in [5, 5.41) is 2.84. The molecule has 0 unspecified atom stereocenters. The molecule has 0 bridgehead atoms. The minimum absolute atomic E-state index is 0.0237. The van der Waals surface area contributed by atoms with E-state index in [-0.39, 0.29) is 16.5 Å². The summed E-state index contributed by atoms with van der Waals surface area (Å²) in [6.45, 7) is 0. The molecule has 5 heteroatoms. The van der Waals surface area contributed by atoms with Crippen molar-refractivity contribution in [2.75, 3.05) is 5.32 Å². The molecule has 3 rings (SSSR count). The van der Waals surface area contributed by atoms with Gasteiger partial charge in [0.05, 0.1) is 5.52 Å². The summed E-state index contributed by atoms with van der Waals surface area (Å²) in [5.74, 6) is -1.01. The number of aromatic nitrogens is 1. The minimum Gasteiger partial charge on any atom is -0.347 e. The van der Waals surface area contributed by atoms with Crippen molar-refractivity contribution < 1.29 is 9.18 Å². The third-order valence-electron chi connectivity index (χ3n) is 3.43. The number of para-hydroxylation sites is 2. The van der Waals surface area contributed by atoms with E-state index in [1.54, 1.807) is 31.3 Å². The first kappa shape index (κ1) is 14.0. The lowest BCUT2D eigenvalue weighted by Gasteiger charge is -2.10. The maximum absolute atomic E-state index is 13.8. The predicted molar refractivity (Wildman–Crippen MR) is 83.5 cm³/mol. The molecule has 1 amide bonds. The summed E-state index contributed by atoms with van der Waals surface area (Å²) >= 11 is 0. The van der Waals surface area contributed by atoms with Crippen molar-refractivity contribution in [1.29, 1.82) is 0 Å². The van der Waals surface area contributed by atoms with E-state index in [0.717, 1.165) is 0 Å². The largest absolute Gasteiger partial charge is 0.347 e. The number of carbonyl (C=O) groups excluding carboxylic acids is 1. The van der Waals surface area contributed by atoms with Gasteiger partial charge < -0.3 is 9.88 Å². The van der Waals surface area contributed by atoms with Crippen molar-refractivity contribution in [3.8, 4) is 0 Å². The molecule has 0 radical (unpaired) electrons. The van der Waals surface area contributed by atoms with Crippen molar-refractivity contribution in [3.63, 3.8) is 0 Å². The zero-order chi connectivity index (χ0) is 15.7. The van der Waals surface area contributed by atoms with Crippen molar-refractivity contribution in [2.45, 2.75) is 0 Å². The van der Waals surface area contributed by atoms with E-state index in [1.807, 2.05) is 6.07 Å². The van der Waals surface area contributed by atoms with Crippen LogP contribution in [0.3, 0.4) is 0 Å². The molecular formula is C17H13FN2O2. The normalized spacial score (nSPS) is 10.6. The number of hydrogen-bond acceptors (Lipinski definition) is 2. The van der Waals surface area contributed by atoms with E-state index in [1.165, 1.54) is 29.0 Å². The first-order chi connectivity index (χ1) is 10.6. The van der Waals surface area contributed by atoms with Crippen molar-refractivity contribution in [1.82, 2.24) is 4.57 Å². The fourth-order valence-electron chi connectivity index (χ4n) is 2.40. The lowest BCUT2D eigenvalue weighted by Crippen LogP contribution is -2.23. The Labute approximate surface area is 125 Å². The van der Waals surface area contributed by atoms with Gasteiger partial charge in [-0.05, 0) is 24.3 Å². The Bertz CT molecular complexity index is 917. The smallest absolute Gasteiger partial charge is 0.261 e. The molecule has 0 aliphatic rings. The quantitative estimate of drug-likeness (QED) is 0.790. The Morgan fingerprint density at radius 1 is 1.09 bits per heavy atom. The van der Waals surface area contributed by atoms with Gasteiger partial charge in [-0.15, -0.1) is 0 Å². The van der Waals surface area contributed by atoms with Gasteiger partial charge in [-0.25, -0.2) is 4.39 Å². The summed E-state index contributed by atoms with van der Waals surface area (Å²) in [5.41, 5.74) is 0.267. The van der Waals surface area contributed by atoms with Crippen molar-refractivity contribution in [2.24, 2.45) is 7.05 Å². The highest BCUT2D eigenvalue weighted by molar-refractivity contribution is 6.05. The van der Waals surface area contributed by atoms with Gasteiger partial charge in [-0.1, -0.05) is 24.3 Å². The number of rotatable bonds is 2. The zero-order valence-electron chi connectivity index (χ0n) is 11.8. The molecule has 0 saturated heterocycles. The Balaban J connectivity index is 2.10. The summed E-state index contributed by atoms with van der Waals surface area (Å²) in [4.78, 5) is 24.7. The van der Waals surface area contributed by atoms with Crippen molar-refractivity contribution in [3.05, 3.63) is 76.3 Å². The van der Waals surface area contributed by atoms with Crippen LogP contribution in [0.1, 0.15) is 10.4 Å². The van der Waals surface area contributed by atoms with Crippen LogP contribution >= 0.6 is 0 Å². The summed E-state index contributed by atoms with van der Waals surface area (Å²) in [7, 11) is 1.60. The molecule has 0 aliphatic heterocycles. The standard InChI is InChI=1S/C17H13FN2O2/c1-20-10-13(17(22)19-11-6-3-2-4-7-11)16(21)12-8-5-9-14(18)15(12)20/h2-10H,1H3,(H,19,22). The topological polar surface area (TPSA) is 51.1 Å². The molecule has 0 fully saturated rings. The Morgan fingerprint density at radius 2 is 1.82 bits per heavy atom. The molecule has 0 saturated carbocycles. The van der Waals surface area contributed by atoms with E-state index < -0.39 is 17.2 Å². The molecule has 3 aromatic rings. The molecule has 110 valence electrons. The maximum Gasteiger partial charge on any atom is 0.261 e. The molecule has 0 aliphatic carbocycles. The molecule has 1 heterocycles. The zero-order valence-corrected chi connectivity index (χ0v) is 11.8. The lowest BCUT2D eigenvalue weighted by molar-refractivity contribution is 0.102. The fourth-order valence-corrected chi connectivity index (χ4v) is 2.40. The van der Waals surface area contributed by atoms with Crippen LogP contribution in [-0.2, 0) is 7.05 Å². The molecular weight excluding hydrogens is 283 g/mol. The third kappa shape index (κ3) is 2.37. The van der Waals surface area contributed by atoms with E-state index >= 15 is 0 Å². The Hall–Kier alpha value is -2.95. The molecule has 0 atom stereocenters. The number of benzene rings is 2. The second kappa shape index (κ2) is 5.44. The molecule has 2 aromatic carbocycles. The highest BCUT2D eigenvalue weighted by atomic mass is 19.1. The number of hydrogen-bond donors (Lipinski definition) is 1. The van der Waals surface area contributed by atoms with Gasteiger partial charge >= 0.3 is 0 Å². The molecule has 4 nitrogen and oxygen atoms in total. The van der Waals surface area contributed by atoms with Gasteiger partial charge in [0.25, 0.3) is 5.91 Å². The average Bonchev–Trinajstić information content (AvgIpc) is 2.51. The number of carbonyl (C=O) groups is 1. The van der Waals surface area contributed by atoms with Gasteiger partial charge in [0.1, 0.15) is 11.4 Å². The molecule has 0 spiro atoms. The summed E-state index contributed by atoms with van der Waals surface area (Å²) in [6.07, 6.45) is 1.35. The SMILES string of the molecule is Cn1cc(C(=O)Nc2ccccc2)c(=O)c2cccc(F)c21. The third-order valence-corrected chi connectivity index (χ3v) is 3.43. The van der Waals surface area contributed by atoms with Crippen LogP contribution < -0.4 is 10.7 Å². The van der Waals surface area contributed by atoms with Gasteiger partial charge in [-0.2, -0.15) is 0 Å². The number of pyridine rings is 1. The first-order valence-electron chi connectivity index (χ1n) is 6.72. The molecule has 1 aromatic heterocycles. The number of anilines is 1. The monoisotopic (exact) mass is 296 g/mol. The van der Waals surface area contributed by atoms with Gasteiger partial charge in [0.2, 0.25) is 5.43 Å². The number of aryl methyl sites for hydroxylation is 1. The van der Waals surface area contributed by atoms with Crippen LogP contribution in [0.5, 0.6) is 0 Å². The lowest BCUT2D eigenvalue weighted by atomic mass is 10.1. The number of nitrogens with zero attached hydrogens (tertiary/aromatic N) is 1. The predicted octanol–water partition coefficient (Wildman–Crippen LogP) is 2.93. The van der Waals surface area contributed by atoms with Gasteiger partial charge in [-0.3, -0.25) is 9.59 Å². The highest BCUT2D eigenvalue weighted by Gasteiger charge is 2.16. The van der Waals surface area contributed by atoms with E-state index in [2.05, 4.69) is 5.32 Å². The second-order valence-electron chi connectivity index (χ2n) is 4.94. The van der Waals surface area contributed by atoms with E-state index in [9.17, 15) is 14.0 Å². The summed E-state index contributed by atoms with van der Waals surface area (Å²) < 4.78 is 15.3. The highest BCUT2D eigenvalue weighted by Crippen LogP contribution is 2.15. The number of nitrogens with one attached hydrogen (secondary N) is 1. The number of fused-ring (bicyclic) bond motifs is 1. The van der Waals surface area contributed by atoms with Crippen LogP contribution in [0.4, 0.5) is 10.1 Å². The first-order valence-corrected chi connectivity index (χ1v) is 6.72. The van der Waals surface area contributed by atoms with Gasteiger partial charge in [0.15, 0.2) is 0 Å². The maximum atomic E-state index is 13.8. The van der Waals surface area contributed by atoms with Gasteiger partial charge in [0, 0.05) is 24.3 Å². The minimum atomic E-state index is -0.516. The van der Waals surface area contributed by atoms with E-state index in [0.29, 0.717) is 5.69 Å². The number of halogens is 1. The summed E-state index contributed by atoms with van der Waals surface area (Å²) in [6, 6.07) is 13.1. The average molecular weight is 296 g/mol. The van der Waals surface area contributed by atoms with E-state index in [4.69, 9.17) is 0 Å². The van der Waals surface area contributed by atoms with Crippen LogP contribution in [-0.4, -0.2) is 10.5 Å². The van der Waals surface area contributed by atoms with Crippen LogP contribution in [0.2, 0.25) is 0 Å². The Morgan fingerprint density at radius 3 is 2.55 bits per heavy atom. The molecule has 1 N–H and O–H groups in total. The van der Waals surface area contributed by atoms with Crippen molar-refractivity contribution >= 4 is 22.5 Å². The molecule has 22 heavy (non-hydrogen) atoms. The van der Waals surface area contributed by atoms with Crippen LogP contribution in [0, 0.1) is 5.82 Å². The Kier molecular flexibility index (Phi) is 3.47. The number of amides is 1.